The van der Waals surface area contributed by atoms with E-state index in [1.165, 1.54) is 16.5 Å². The second-order valence-electron chi connectivity index (χ2n) is 6.88. The first-order valence-electron chi connectivity index (χ1n) is 9.56. The third-order valence-corrected chi connectivity index (χ3v) is 4.97. The first-order chi connectivity index (χ1) is 13.3. The third-order valence-electron chi connectivity index (χ3n) is 4.97. The molecule has 2 heterocycles. The molecule has 0 amide bonds. The smallest absolute Gasteiger partial charge is 0.165 e. The van der Waals surface area contributed by atoms with Crippen molar-refractivity contribution in [3.63, 3.8) is 0 Å². The number of fused-ring (bicyclic) bond motifs is 2. The van der Waals surface area contributed by atoms with Gasteiger partial charge in [0.2, 0.25) is 0 Å². The molecule has 142 valence electrons. The lowest BCUT2D eigenvalue weighted by molar-refractivity contribution is 0.0901. The van der Waals surface area contributed by atoms with Crippen LogP contribution in [0.5, 0.6) is 17.2 Å². The molecule has 1 aliphatic rings. The number of hydrogen-bond donors (Lipinski definition) is 2. The van der Waals surface area contributed by atoms with E-state index in [2.05, 4.69) is 40.8 Å². The maximum Gasteiger partial charge on any atom is 0.165 e. The maximum absolute atomic E-state index is 6.02. The molecule has 2 aromatic carbocycles. The lowest BCUT2D eigenvalue weighted by Gasteiger charge is -2.27. The molecule has 1 atom stereocenters. The monoisotopic (exact) mass is 366 g/mol. The van der Waals surface area contributed by atoms with Gasteiger partial charge in [0.15, 0.2) is 11.5 Å². The van der Waals surface area contributed by atoms with Gasteiger partial charge in [-0.05, 0) is 49.6 Å². The molecule has 5 nitrogen and oxygen atoms in total. The van der Waals surface area contributed by atoms with Crippen LogP contribution in [0.4, 0.5) is 0 Å². The first kappa shape index (κ1) is 17.7. The third kappa shape index (κ3) is 4.19. The number of benzene rings is 2. The van der Waals surface area contributed by atoms with Crippen LogP contribution in [0.1, 0.15) is 18.4 Å². The largest absolute Gasteiger partial charge is 0.497 e. The summed E-state index contributed by atoms with van der Waals surface area (Å²) in [6.45, 7) is 2.33. The summed E-state index contributed by atoms with van der Waals surface area (Å²) in [5.41, 5.74) is 2.62. The van der Waals surface area contributed by atoms with Gasteiger partial charge in [-0.25, -0.2) is 0 Å². The summed E-state index contributed by atoms with van der Waals surface area (Å²) >= 11 is 0. The zero-order chi connectivity index (χ0) is 18.5. The molecule has 0 saturated heterocycles. The van der Waals surface area contributed by atoms with E-state index >= 15 is 0 Å². The number of aromatic amines is 1. The van der Waals surface area contributed by atoms with E-state index in [0.717, 1.165) is 49.6 Å². The summed E-state index contributed by atoms with van der Waals surface area (Å²) in [6, 6.07) is 14.1. The van der Waals surface area contributed by atoms with Crippen molar-refractivity contribution in [3.05, 3.63) is 54.2 Å². The number of methoxy groups -OCH3 is 1. The van der Waals surface area contributed by atoms with E-state index in [9.17, 15) is 0 Å². The molecule has 1 unspecified atom stereocenters. The molecule has 5 heteroatoms. The van der Waals surface area contributed by atoms with E-state index in [4.69, 9.17) is 14.2 Å². The average molecular weight is 366 g/mol. The highest BCUT2D eigenvalue weighted by molar-refractivity contribution is 5.82. The summed E-state index contributed by atoms with van der Waals surface area (Å²) in [6.07, 6.45) is 5.56. The standard InChI is InChI=1S/C22H26N2O3/c1-25-17-9-10-21-22(12-17)27-18(15-26-21)14-23-11-5-4-6-16-13-24-20-8-3-2-7-19(16)20/h2-3,7-10,12-13,18,23-24H,4-6,11,14-15H2,1H3. The van der Waals surface area contributed by atoms with Gasteiger partial charge in [0.05, 0.1) is 7.11 Å². The van der Waals surface area contributed by atoms with Crippen molar-refractivity contribution >= 4 is 10.9 Å². The Labute approximate surface area is 159 Å². The Hall–Kier alpha value is -2.66. The minimum atomic E-state index is 0.0261. The number of aromatic nitrogens is 1. The normalized spacial score (nSPS) is 15.8. The first-order valence-corrected chi connectivity index (χ1v) is 9.56. The fraction of sp³-hybridized carbons (Fsp3) is 0.364. The van der Waals surface area contributed by atoms with E-state index in [0.29, 0.717) is 6.61 Å². The van der Waals surface area contributed by atoms with Crippen LogP contribution in [0, 0.1) is 0 Å². The molecule has 1 aromatic heterocycles. The summed E-state index contributed by atoms with van der Waals surface area (Å²) in [5, 5.41) is 4.83. The van der Waals surface area contributed by atoms with Crippen molar-refractivity contribution in [2.24, 2.45) is 0 Å². The topological polar surface area (TPSA) is 55.5 Å². The van der Waals surface area contributed by atoms with Gasteiger partial charge < -0.3 is 24.5 Å². The number of hydrogen-bond acceptors (Lipinski definition) is 4. The molecule has 0 aliphatic carbocycles. The Morgan fingerprint density at radius 1 is 1.15 bits per heavy atom. The zero-order valence-electron chi connectivity index (χ0n) is 15.7. The second-order valence-corrected chi connectivity index (χ2v) is 6.88. The highest BCUT2D eigenvalue weighted by atomic mass is 16.6. The zero-order valence-corrected chi connectivity index (χ0v) is 15.7. The predicted octanol–water partition coefficient (Wildman–Crippen LogP) is 3.93. The summed E-state index contributed by atoms with van der Waals surface area (Å²) in [5.74, 6) is 2.32. The average Bonchev–Trinajstić information content (AvgIpc) is 3.13. The highest BCUT2D eigenvalue weighted by Gasteiger charge is 2.21. The Kier molecular flexibility index (Phi) is 5.49. The Morgan fingerprint density at radius 3 is 3.00 bits per heavy atom. The van der Waals surface area contributed by atoms with Crippen LogP contribution in [0.2, 0.25) is 0 Å². The number of ether oxygens (including phenoxy) is 3. The Bertz CT molecular complexity index is 890. The quantitative estimate of drug-likeness (QED) is 0.593. The van der Waals surface area contributed by atoms with Crippen LogP contribution < -0.4 is 19.5 Å². The van der Waals surface area contributed by atoms with E-state index < -0.39 is 0 Å². The lowest BCUT2D eigenvalue weighted by atomic mass is 10.1. The molecule has 0 spiro atoms. The number of H-pyrrole nitrogens is 1. The van der Waals surface area contributed by atoms with E-state index in [1.807, 2.05) is 18.2 Å². The van der Waals surface area contributed by atoms with Gasteiger partial charge in [0.1, 0.15) is 18.5 Å². The molecule has 0 radical (unpaired) electrons. The van der Waals surface area contributed by atoms with E-state index in [-0.39, 0.29) is 6.10 Å². The van der Waals surface area contributed by atoms with Gasteiger partial charge in [-0.2, -0.15) is 0 Å². The number of aryl methyl sites for hydroxylation is 1. The van der Waals surface area contributed by atoms with E-state index in [1.54, 1.807) is 7.11 Å². The van der Waals surface area contributed by atoms with Crippen molar-refractivity contribution in [1.29, 1.82) is 0 Å². The molecule has 3 aromatic rings. The van der Waals surface area contributed by atoms with Crippen LogP contribution in [-0.4, -0.2) is 37.9 Å². The van der Waals surface area contributed by atoms with Crippen molar-refractivity contribution < 1.29 is 14.2 Å². The number of para-hydroxylation sites is 1. The molecule has 27 heavy (non-hydrogen) atoms. The molecule has 4 rings (SSSR count). The van der Waals surface area contributed by atoms with Crippen LogP contribution >= 0.6 is 0 Å². The van der Waals surface area contributed by atoms with Crippen molar-refractivity contribution in [2.75, 3.05) is 26.8 Å². The number of unbranched alkanes of at least 4 members (excludes halogenated alkanes) is 1. The minimum absolute atomic E-state index is 0.0261. The summed E-state index contributed by atoms with van der Waals surface area (Å²) in [7, 11) is 1.65. The Morgan fingerprint density at radius 2 is 2.07 bits per heavy atom. The lowest BCUT2D eigenvalue weighted by Crippen LogP contribution is -2.38. The molecule has 0 saturated carbocycles. The fourth-order valence-electron chi connectivity index (χ4n) is 3.49. The Balaban J connectivity index is 1.17. The van der Waals surface area contributed by atoms with Crippen LogP contribution in [0.15, 0.2) is 48.7 Å². The number of rotatable bonds is 8. The second kappa shape index (κ2) is 8.35. The fourth-order valence-corrected chi connectivity index (χ4v) is 3.49. The van der Waals surface area contributed by atoms with Crippen molar-refractivity contribution in [1.82, 2.24) is 10.3 Å². The van der Waals surface area contributed by atoms with Crippen molar-refractivity contribution in [3.8, 4) is 17.2 Å². The predicted molar refractivity (Wildman–Crippen MR) is 107 cm³/mol. The van der Waals surface area contributed by atoms with Crippen molar-refractivity contribution in [2.45, 2.75) is 25.4 Å². The van der Waals surface area contributed by atoms with Gasteiger partial charge in [-0.3, -0.25) is 0 Å². The highest BCUT2D eigenvalue weighted by Crippen LogP contribution is 2.34. The number of nitrogens with one attached hydrogen (secondary N) is 2. The maximum atomic E-state index is 6.02. The van der Waals surface area contributed by atoms with Gasteiger partial charge in [0, 0.05) is 29.7 Å². The molecule has 1 aliphatic heterocycles. The summed E-state index contributed by atoms with van der Waals surface area (Å²) in [4.78, 5) is 3.34. The summed E-state index contributed by atoms with van der Waals surface area (Å²) < 4.78 is 17.0. The molecular weight excluding hydrogens is 340 g/mol. The van der Waals surface area contributed by atoms with Crippen LogP contribution in [0.25, 0.3) is 10.9 Å². The van der Waals surface area contributed by atoms with Crippen LogP contribution in [0.3, 0.4) is 0 Å². The SMILES string of the molecule is COc1ccc2c(c1)OC(CNCCCCc1c[nH]c3ccccc13)CO2. The molecular formula is C22H26N2O3. The molecule has 0 bridgehead atoms. The minimum Gasteiger partial charge on any atom is -0.497 e. The molecule has 0 fully saturated rings. The van der Waals surface area contributed by atoms with Gasteiger partial charge in [-0.15, -0.1) is 0 Å². The van der Waals surface area contributed by atoms with Gasteiger partial charge in [-0.1, -0.05) is 18.2 Å². The van der Waals surface area contributed by atoms with Crippen LogP contribution in [-0.2, 0) is 6.42 Å². The van der Waals surface area contributed by atoms with Gasteiger partial charge >= 0.3 is 0 Å². The van der Waals surface area contributed by atoms with Gasteiger partial charge in [0.25, 0.3) is 0 Å². The molecule has 2 N–H and O–H groups in total.